The van der Waals surface area contributed by atoms with Gasteiger partial charge in [0.1, 0.15) is 0 Å². The summed E-state index contributed by atoms with van der Waals surface area (Å²) in [6, 6.07) is 0. The van der Waals surface area contributed by atoms with Crippen molar-refractivity contribution in [3.05, 3.63) is 47.6 Å². The van der Waals surface area contributed by atoms with Crippen molar-refractivity contribution in [2.24, 2.45) is 5.92 Å². The van der Waals surface area contributed by atoms with E-state index in [-0.39, 0.29) is 5.43 Å². The Morgan fingerprint density at radius 3 is 2.32 bits per heavy atom. The van der Waals surface area contributed by atoms with Gasteiger partial charge in [-0.2, -0.15) is 17.7 Å². The maximum Gasteiger partial charge on any atom is -0.109 e. The monoisotopic (exact) mass is 348 g/mol. The van der Waals surface area contributed by atoms with E-state index >= 15 is 0 Å². The molecule has 2 aliphatic carbocycles. The minimum absolute atomic E-state index is 0.210. The summed E-state index contributed by atoms with van der Waals surface area (Å²) < 4.78 is 0. The van der Waals surface area contributed by atoms with Crippen LogP contribution in [0.4, 0.5) is 0 Å². The van der Waals surface area contributed by atoms with Gasteiger partial charge in [0.25, 0.3) is 0 Å². The number of allylic oxidation sites excluding steroid dienone is 8. The van der Waals surface area contributed by atoms with Crippen LogP contribution in [0.1, 0.15) is 40.0 Å². The van der Waals surface area contributed by atoms with Crippen molar-refractivity contribution in [2.75, 3.05) is 0 Å². The van der Waals surface area contributed by atoms with E-state index in [9.17, 15) is 0 Å². The molecule has 0 aromatic carbocycles. The van der Waals surface area contributed by atoms with Crippen LogP contribution in [0, 0.1) is 18.1 Å². The van der Waals surface area contributed by atoms with Crippen LogP contribution in [0.15, 0.2) is 35.5 Å². The van der Waals surface area contributed by atoms with Crippen LogP contribution in [0.25, 0.3) is 0 Å². The molecule has 0 saturated carbocycles. The molecular weight excluding hydrogens is 323 g/mol. The predicted octanol–water partition coefficient (Wildman–Crippen LogP) is 5.20. The van der Waals surface area contributed by atoms with Crippen molar-refractivity contribution in [3.8, 4) is 0 Å². The van der Waals surface area contributed by atoms with Crippen LogP contribution in [0.5, 0.6) is 0 Å². The summed E-state index contributed by atoms with van der Waals surface area (Å²) in [5.74, 6) is 0.557. The minimum atomic E-state index is 0.210. The Kier molecular flexibility index (Phi) is 11.9. The largest absolute Gasteiger partial charge is 0.273 e. The fourth-order valence-corrected chi connectivity index (χ4v) is 1.78. The van der Waals surface area contributed by atoms with Gasteiger partial charge in [-0.25, -0.2) is 17.7 Å². The third kappa shape index (κ3) is 11.6. The van der Waals surface area contributed by atoms with E-state index in [1.54, 1.807) is 23.3 Å². The van der Waals surface area contributed by atoms with E-state index < -0.39 is 0 Å². The first-order valence-electron chi connectivity index (χ1n) is 7.02. The molecule has 0 saturated heterocycles. The van der Waals surface area contributed by atoms with E-state index in [1.165, 1.54) is 24.0 Å². The Labute approximate surface area is 135 Å². The molecule has 1 atom stereocenters. The first kappa shape index (κ1) is 19.1. The number of rotatable bonds is 2. The standard InChI is InChI=1S/C10H15.C5H5.C2H6Si.Zr/c1-4-5-10-7-8(2)6-9(10)3;1-2-4-5-3-1;1-3-2;/h7-8H,4-5H2,1-3H3;1-3H,4H2;1-2H3;/q2*-1;;+2. The molecule has 0 aromatic heterocycles. The molecule has 0 amide bonds. The van der Waals surface area contributed by atoms with Crippen LogP contribution >= 0.6 is 0 Å². The zero-order chi connectivity index (χ0) is 14.7. The molecule has 0 N–H and O–H groups in total. The molecule has 102 valence electrons. The molecule has 0 heterocycles. The van der Waals surface area contributed by atoms with E-state index in [2.05, 4.69) is 58.2 Å². The Hall–Kier alpha value is 0.0600. The van der Waals surface area contributed by atoms with Crippen LogP contribution in [-0.2, 0) is 23.3 Å². The van der Waals surface area contributed by atoms with Crippen molar-refractivity contribution in [2.45, 2.75) is 53.1 Å². The van der Waals surface area contributed by atoms with Gasteiger partial charge in [-0.15, -0.1) is 6.42 Å². The number of hydrogen-bond donors (Lipinski definition) is 0. The van der Waals surface area contributed by atoms with Gasteiger partial charge < -0.3 is 0 Å². The maximum absolute atomic E-state index is 3.38. The molecular formula is C17H26SiZr. The third-order valence-electron chi connectivity index (χ3n) is 2.48. The van der Waals surface area contributed by atoms with E-state index in [0.29, 0.717) is 5.92 Å². The topological polar surface area (TPSA) is 0 Å². The average Bonchev–Trinajstić information content (AvgIpc) is 2.93. The smallest absolute Gasteiger partial charge is 0.109 e. The summed E-state index contributed by atoms with van der Waals surface area (Å²) in [6.07, 6.45) is 18.2. The Balaban J connectivity index is 0.000000300. The van der Waals surface area contributed by atoms with Crippen molar-refractivity contribution in [1.82, 2.24) is 0 Å². The quantitative estimate of drug-likeness (QED) is 0.474. The molecule has 0 bridgehead atoms. The maximum atomic E-state index is 3.38. The molecule has 2 heteroatoms. The fourth-order valence-electron chi connectivity index (χ4n) is 1.78. The average molecular weight is 350 g/mol. The SMILES string of the molecule is CCCC1=CC(C)[C-]=C1C.C[Si](C)=[Zr+2].[C-]1=CC=CC1. The van der Waals surface area contributed by atoms with Crippen molar-refractivity contribution in [1.29, 1.82) is 0 Å². The molecule has 0 fully saturated rings. The fraction of sp³-hybridized carbons (Fsp3) is 0.529. The molecule has 2 aliphatic rings. The van der Waals surface area contributed by atoms with E-state index in [4.69, 9.17) is 0 Å². The summed E-state index contributed by atoms with van der Waals surface area (Å²) in [5.41, 5.74) is 3.09. The molecule has 1 unspecified atom stereocenters. The summed E-state index contributed by atoms with van der Waals surface area (Å²) in [4.78, 5) is 0. The molecule has 2 rings (SSSR count). The second kappa shape index (κ2) is 11.9. The van der Waals surface area contributed by atoms with E-state index in [1.807, 2.05) is 12.2 Å². The van der Waals surface area contributed by atoms with Crippen LogP contribution in [0.3, 0.4) is 0 Å². The van der Waals surface area contributed by atoms with Gasteiger partial charge in [0.15, 0.2) is 0 Å². The Morgan fingerprint density at radius 2 is 2.05 bits per heavy atom. The molecule has 0 aliphatic heterocycles. The van der Waals surface area contributed by atoms with Gasteiger partial charge in [-0.1, -0.05) is 39.5 Å². The van der Waals surface area contributed by atoms with Crippen molar-refractivity contribution in [3.63, 3.8) is 0 Å². The normalized spacial score (nSPS) is 19.0. The molecule has 0 nitrogen and oxygen atoms in total. The van der Waals surface area contributed by atoms with Gasteiger partial charge in [0.05, 0.1) is 0 Å². The van der Waals surface area contributed by atoms with Crippen molar-refractivity contribution < 1.29 is 23.3 Å². The number of hydrogen-bond acceptors (Lipinski definition) is 0. The van der Waals surface area contributed by atoms with Gasteiger partial charge in [-0.3, -0.25) is 12.2 Å². The summed E-state index contributed by atoms with van der Waals surface area (Å²) in [7, 11) is 0. The second-order valence-corrected chi connectivity index (χ2v) is 14.4. The Morgan fingerprint density at radius 1 is 1.42 bits per heavy atom. The molecule has 0 spiro atoms. The van der Waals surface area contributed by atoms with Gasteiger partial charge in [0.2, 0.25) is 0 Å². The first-order valence-corrected chi connectivity index (χ1v) is 13.2. The molecule has 0 aromatic rings. The third-order valence-corrected chi connectivity index (χ3v) is 2.48. The molecule has 19 heavy (non-hydrogen) atoms. The summed E-state index contributed by atoms with van der Waals surface area (Å²) in [5, 5.41) is 0. The Bertz CT molecular complexity index is 372. The van der Waals surface area contributed by atoms with Crippen molar-refractivity contribution >= 4 is 5.43 Å². The molecule has 0 radical (unpaired) electrons. The predicted molar refractivity (Wildman–Crippen MR) is 83.6 cm³/mol. The first-order chi connectivity index (χ1) is 8.97. The van der Waals surface area contributed by atoms with Crippen LogP contribution in [-0.4, -0.2) is 5.43 Å². The van der Waals surface area contributed by atoms with E-state index in [0.717, 1.165) is 6.42 Å². The van der Waals surface area contributed by atoms with Crippen LogP contribution < -0.4 is 0 Å². The zero-order valence-corrected chi connectivity index (χ0v) is 16.5. The van der Waals surface area contributed by atoms with Gasteiger partial charge >= 0.3 is 41.9 Å². The summed E-state index contributed by atoms with van der Waals surface area (Å²) in [6.45, 7) is 11.2. The summed E-state index contributed by atoms with van der Waals surface area (Å²) >= 11 is 1.74. The second-order valence-electron chi connectivity index (χ2n) is 5.00. The van der Waals surface area contributed by atoms with Gasteiger partial charge in [0, 0.05) is 0 Å². The van der Waals surface area contributed by atoms with Crippen LogP contribution in [0.2, 0.25) is 13.1 Å². The minimum Gasteiger partial charge on any atom is -0.273 e. The zero-order valence-electron chi connectivity index (χ0n) is 13.0. The van der Waals surface area contributed by atoms with Gasteiger partial charge in [-0.05, 0) is 0 Å².